The first kappa shape index (κ1) is 20.1. The molecule has 1 amide bonds. The predicted octanol–water partition coefficient (Wildman–Crippen LogP) is 3.10. The van der Waals surface area contributed by atoms with E-state index in [0.717, 1.165) is 17.1 Å². The molecule has 6 nitrogen and oxygen atoms in total. The summed E-state index contributed by atoms with van der Waals surface area (Å²) in [6.07, 6.45) is -0.420. The molecule has 0 bridgehead atoms. The monoisotopic (exact) mass is 338 g/mol. The van der Waals surface area contributed by atoms with Crippen molar-refractivity contribution < 1.29 is 19.0 Å². The quantitative estimate of drug-likeness (QED) is 0.799. The fraction of sp³-hybridized carbons (Fsp3) is 0.611. The van der Waals surface area contributed by atoms with E-state index >= 15 is 0 Å². The third-order valence-electron chi connectivity index (χ3n) is 3.22. The first-order chi connectivity index (χ1) is 11.1. The van der Waals surface area contributed by atoms with Crippen molar-refractivity contribution in [3.05, 3.63) is 23.8 Å². The fourth-order valence-corrected chi connectivity index (χ4v) is 2.13. The lowest BCUT2D eigenvalue weighted by molar-refractivity contribution is 0.0472. The topological polar surface area (TPSA) is 68.8 Å². The van der Waals surface area contributed by atoms with E-state index in [0.29, 0.717) is 13.1 Å². The van der Waals surface area contributed by atoms with Gasteiger partial charge in [-0.1, -0.05) is 6.07 Å². The van der Waals surface area contributed by atoms with E-state index in [1.807, 2.05) is 52.8 Å². The van der Waals surface area contributed by atoms with Crippen molar-refractivity contribution >= 4 is 6.09 Å². The van der Waals surface area contributed by atoms with Gasteiger partial charge in [0.1, 0.15) is 17.1 Å². The minimum atomic E-state index is -0.510. The lowest BCUT2D eigenvalue weighted by Crippen LogP contribution is -2.51. The summed E-state index contributed by atoms with van der Waals surface area (Å²) in [5.41, 5.74) is 0.0675. The molecular formula is C18H30N2O4. The van der Waals surface area contributed by atoms with E-state index in [4.69, 9.17) is 14.2 Å². The van der Waals surface area contributed by atoms with Gasteiger partial charge in [-0.3, -0.25) is 0 Å². The highest BCUT2D eigenvalue weighted by molar-refractivity contribution is 5.68. The highest BCUT2D eigenvalue weighted by atomic mass is 16.6. The molecule has 136 valence electrons. The van der Waals surface area contributed by atoms with Crippen LogP contribution in [0.25, 0.3) is 0 Å². The van der Waals surface area contributed by atoms with Gasteiger partial charge in [0, 0.05) is 24.7 Å². The van der Waals surface area contributed by atoms with Crippen LogP contribution in [0.1, 0.15) is 40.2 Å². The SMILES string of the molecule is COc1ccc(CNCC(C)(C)NC(=O)OC(C)(C)C)c(OC)c1. The van der Waals surface area contributed by atoms with E-state index in [1.54, 1.807) is 14.2 Å². The highest BCUT2D eigenvalue weighted by Gasteiger charge is 2.24. The van der Waals surface area contributed by atoms with Gasteiger partial charge in [0.05, 0.1) is 19.8 Å². The number of carbonyl (C=O) groups is 1. The maximum atomic E-state index is 11.9. The summed E-state index contributed by atoms with van der Waals surface area (Å²) in [6, 6.07) is 5.70. The fourth-order valence-electron chi connectivity index (χ4n) is 2.13. The maximum Gasteiger partial charge on any atom is 0.408 e. The molecule has 1 rings (SSSR count). The standard InChI is InChI=1S/C18H30N2O4/c1-17(2,3)24-16(21)20-18(4,5)12-19-11-13-8-9-14(22-6)10-15(13)23-7/h8-10,19H,11-12H2,1-7H3,(H,20,21). The second kappa shape index (κ2) is 8.24. The van der Waals surface area contributed by atoms with E-state index in [1.165, 1.54) is 0 Å². The molecule has 0 saturated carbocycles. The van der Waals surface area contributed by atoms with Crippen LogP contribution >= 0.6 is 0 Å². The lowest BCUT2D eigenvalue weighted by atomic mass is 10.1. The van der Waals surface area contributed by atoms with Gasteiger partial charge >= 0.3 is 6.09 Å². The Morgan fingerprint density at radius 2 is 1.75 bits per heavy atom. The normalized spacial score (nSPS) is 11.8. The van der Waals surface area contributed by atoms with Crippen LogP contribution in [0.15, 0.2) is 18.2 Å². The number of carbonyl (C=O) groups excluding carboxylic acids is 1. The van der Waals surface area contributed by atoms with Gasteiger partial charge in [-0.25, -0.2) is 4.79 Å². The van der Waals surface area contributed by atoms with Gasteiger partial charge in [-0.2, -0.15) is 0 Å². The highest BCUT2D eigenvalue weighted by Crippen LogP contribution is 2.24. The van der Waals surface area contributed by atoms with Crippen molar-refractivity contribution in [2.24, 2.45) is 0 Å². The Balaban J connectivity index is 2.55. The van der Waals surface area contributed by atoms with Crippen molar-refractivity contribution in [2.45, 2.75) is 52.3 Å². The first-order valence-electron chi connectivity index (χ1n) is 7.99. The molecule has 0 spiro atoms. The average Bonchev–Trinajstić information content (AvgIpc) is 2.44. The predicted molar refractivity (Wildman–Crippen MR) is 94.7 cm³/mol. The Hall–Kier alpha value is -1.95. The zero-order chi connectivity index (χ0) is 18.4. The van der Waals surface area contributed by atoms with E-state index in [9.17, 15) is 4.79 Å². The van der Waals surface area contributed by atoms with Gasteiger partial charge in [-0.15, -0.1) is 0 Å². The molecule has 0 aliphatic rings. The molecule has 0 aromatic heterocycles. The molecule has 0 fully saturated rings. The van der Waals surface area contributed by atoms with Crippen LogP contribution in [0.5, 0.6) is 11.5 Å². The lowest BCUT2D eigenvalue weighted by Gasteiger charge is -2.29. The molecule has 1 aromatic carbocycles. The molecule has 0 radical (unpaired) electrons. The third kappa shape index (κ3) is 7.08. The van der Waals surface area contributed by atoms with Crippen molar-refractivity contribution in [1.29, 1.82) is 0 Å². The number of hydrogen-bond acceptors (Lipinski definition) is 5. The number of nitrogens with one attached hydrogen (secondary N) is 2. The summed E-state index contributed by atoms with van der Waals surface area (Å²) in [4.78, 5) is 11.9. The molecule has 6 heteroatoms. The van der Waals surface area contributed by atoms with Gasteiger partial charge < -0.3 is 24.8 Å². The minimum Gasteiger partial charge on any atom is -0.497 e. The number of amides is 1. The number of benzene rings is 1. The largest absolute Gasteiger partial charge is 0.497 e. The minimum absolute atomic E-state index is 0.420. The van der Waals surface area contributed by atoms with Crippen LogP contribution < -0.4 is 20.1 Å². The molecule has 0 atom stereocenters. The number of rotatable bonds is 7. The molecular weight excluding hydrogens is 308 g/mol. The van der Waals surface area contributed by atoms with Gasteiger partial charge in [0.25, 0.3) is 0 Å². The molecule has 24 heavy (non-hydrogen) atoms. The maximum absolute atomic E-state index is 11.9. The smallest absolute Gasteiger partial charge is 0.408 e. The van der Waals surface area contributed by atoms with Crippen LogP contribution in [0.2, 0.25) is 0 Å². The average molecular weight is 338 g/mol. The number of alkyl carbamates (subject to hydrolysis) is 1. The van der Waals surface area contributed by atoms with E-state index in [-0.39, 0.29) is 0 Å². The molecule has 0 aliphatic carbocycles. The molecule has 0 aliphatic heterocycles. The van der Waals surface area contributed by atoms with E-state index < -0.39 is 17.2 Å². The van der Waals surface area contributed by atoms with Crippen molar-refractivity contribution in [1.82, 2.24) is 10.6 Å². The van der Waals surface area contributed by atoms with E-state index in [2.05, 4.69) is 10.6 Å². The van der Waals surface area contributed by atoms with Gasteiger partial charge in [-0.05, 0) is 40.7 Å². The Labute approximate surface area is 144 Å². The Bertz CT molecular complexity index is 550. The number of ether oxygens (including phenoxy) is 3. The second-order valence-electron chi connectivity index (χ2n) is 7.29. The third-order valence-corrected chi connectivity index (χ3v) is 3.22. The second-order valence-corrected chi connectivity index (χ2v) is 7.29. The summed E-state index contributed by atoms with van der Waals surface area (Å²) >= 11 is 0. The van der Waals surface area contributed by atoms with Gasteiger partial charge in [0.15, 0.2) is 0 Å². The Morgan fingerprint density at radius 1 is 1.08 bits per heavy atom. The summed E-state index contributed by atoms with van der Waals surface area (Å²) < 4.78 is 15.9. The van der Waals surface area contributed by atoms with Crippen molar-refractivity contribution in [2.75, 3.05) is 20.8 Å². The molecule has 0 unspecified atom stereocenters. The summed E-state index contributed by atoms with van der Waals surface area (Å²) in [5.74, 6) is 1.52. The van der Waals surface area contributed by atoms with Gasteiger partial charge in [0.2, 0.25) is 0 Å². The van der Waals surface area contributed by atoms with Crippen LogP contribution in [-0.2, 0) is 11.3 Å². The summed E-state index contributed by atoms with van der Waals surface area (Å²) in [5, 5.41) is 6.20. The van der Waals surface area contributed by atoms with Crippen LogP contribution in [0, 0.1) is 0 Å². The zero-order valence-electron chi connectivity index (χ0n) is 15.8. The summed E-state index contributed by atoms with van der Waals surface area (Å²) in [7, 11) is 3.25. The van der Waals surface area contributed by atoms with Crippen molar-refractivity contribution in [3.8, 4) is 11.5 Å². The Morgan fingerprint density at radius 3 is 2.29 bits per heavy atom. The van der Waals surface area contributed by atoms with Crippen LogP contribution in [0.4, 0.5) is 4.79 Å². The first-order valence-corrected chi connectivity index (χ1v) is 7.99. The van der Waals surface area contributed by atoms with Crippen LogP contribution in [0.3, 0.4) is 0 Å². The Kier molecular flexibility index (Phi) is 6.90. The molecule has 1 aromatic rings. The van der Waals surface area contributed by atoms with Crippen molar-refractivity contribution in [3.63, 3.8) is 0 Å². The number of methoxy groups -OCH3 is 2. The molecule has 2 N–H and O–H groups in total. The molecule has 0 heterocycles. The summed E-state index contributed by atoms with van der Waals surface area (Å²) in [6.45, 7) is 10.6. The van der Waals surface area contributed by atoms with Crippen LogP contribution in [-0.4, -0.2) is 38.0 Å². The zero-order valence-corrected chi connectivity index (χ0v) is 15.8. The number of hydrogen-bond donors (Lipinski definition) is 2. The molecule has 0 saturated heterocycles.